The molecule has 148 valence electrons. The Balaban J connectivity index is 2.76. The Morgan fingerprint density at radius 2 is 1.81 bits per heavy atom. The molecular weight excluding hydrogens is 369 g/mol. The average molecular weight is 395 g/mol. The van der Waals surface area contributed by atoms with Gasteiger partial charge < -0.3 is 19.5 Å². The molecule has 0 heterocycles. The van der Waals surface area contributed by atoms with E-state index in [-0.39, 0.29) is 25.8 Å². The van der Waals surface area contributed by atoms with Gasteiger partial charge in [-0.25, -0.2) is 4.79 Å². The van der Waals surface area contributed by atoms with Crippen LogP contribution in [0.3, 0.4) is 0 Å². The van der Waals surface area contributed by atoms with Crippen LogP contribution in [-0.4, -0.2) is 36.2 Å². The van der Waals surface area contributed by atoms with E-state index in [1.165, 1.54) is 0 Å². The van der Waals surface area contributed by atoms with Crippen molar-refractivity contribution < 1.29 is 28.3 Å². The van der Waals surface area contributed by atoms with Gasteiger partial charge in [0.25, 0.3) is 5.91 Å². The molecule has 0 aliphatic heterocycles. The van der Waals surface area contributed by atoms with E-state index in [1.54, 1.807) is 38.1 Å². The van der Waals surface area contributed by atoms with Crippen LogP contribution in [0.4, 0.5) is 0 Å². The number of terminal acetylenes is 1. The van der Waals surface area contributed by atoms with Crippen molar-refractivity contribution in [3.63, 3.8) is 0 Å². The zero-order valence-electron chi connectivity index (χ0n) is 15.6. The van der Waals surface area contributed by atoms with E-state index in [2.05, 4.69) is 11.2 Å². The van der Waals surface area contributed by atoms with Gasteiger partial charge in [0, 0.05) is 12.0 Å². The molecule has 0 bridgehead atoms. The van der Waals surface area contributed by atoms with Gasteiger partial charge in [0.1, 0.15) is 6.04 Å². The Hall–Kier alpha value is -2.13. The highest BCUT2D eigenvalue weighted by Crippen LogP contribution is 2.51. The number of carbonyl (C=O) groups excluding carboxylic acids is 1. The fourth-order valence-corrected chi connectivity index (χ4v) is 4.12. The molecule has 0 saturated carbocycles. The van der Waals surface area contributed by atoms with Crippen LogP contribution >= 0.6 is 7.60 Å². The number of nitrogens with one attached hydrogen (secondary N) is 1. The van der Waals surface area contributed by atoms with Gasteiger partial charge >= 0.3 is 13.6 Å². The number of carbonyl (C=O) groups is 2. The highest BCUT2D eigenvalue weighted by molar-refractivity contribution is 7.53. The van der Waals surface area contributed by atoms with Crippen molar-refractivity contribution >= 4 is 19.5 Å². The number of benzene rings is 1. The van der Waals surface area contributed by atoms with Gasteiger partial charge in [-0.3, -0.25) is 9.36 Å². The second kappa shape index (κ2) is 11.6. The van der Waals surface area contributed by atoms with Crippen molar-refractivity contribution in [2.75, 3.05) is 13.2 Å². The third-order valence-electron chi connectivity index (χ3n) is 3.66. The molecule has 2 N–H and O–H groups in total. The Bertz CT molecular complexity index is 700. The van der Waals surface area contributed by atoms with Crippen LogP contribution in [-0.2, 0) is 24.6 Å². The molecule has 27 heavy (non-hydrogen) atoms. The van der Waals surface area contributed by atoms with Gasteiger partial charge in [0.05, 0.1) is 19.4 Å². The Labute approximate surface area is 160 Å². The standard InChI is InChI=1S/C19H26NO6P/c1-4-7-8-9-17(19(22)23)20-18(21)16-12-10-15(11-13-16)14-27(24,25-5-2)26-6-3/h1,10-13,17H,5-9,14H2,2-3H3,(H,20,21)(H,22,23)/t17-/m0/s1. The molecule has 0 aromatic heterocycles. The van der Waals surface area contributed by atoms with Crippen molar-refractivity contribution in [3.05, 3.63) is 35.4 Å². The van der Waals surface area contributed by atoms with Crippen LogP contribution in [0, 0.1) is 12.3 Å². The number of aliphatic carboxylic acids is 1. The zero-order valence-corrected chi connectivity index (χ0v) is 16.5. The minimum atomic E-state index is -3.23. The molecule has 0 fully saturated rings. The summed E-state index contributed by atoms with van der Waals surface area (Å²) in [5, 5.41) is 11.7. The van der Waals surface area contributed by atoms with Gasteiger partial charge in [-0.05, 0) is 44.4 Å². The molecule has 1 atom stereocenters. The number of amides is 1. The fourth-order valence-electron chi connectivity index (χ4n) is 2.41. The largest absolute Gasteiger partial charge is 0.480 e. The predicted molar refractivity (Wildman–Crippen MR) is 103 cm³/mol. The number of hydrogen-bond donors (Lipinski definition) is 2. The van der Waals surface area contributed by atoms with E-state index in [0.29, 0.717) is 24.0 Å². The molecule has 0 spiro atoms. The first-order valence-electron chi connectivity index (χ1n) is 8.79. The molecule has 1 aromatic rings. The van der Waals surface area contributed by atoms with Gasteiger partial charge in [-0.2, -0.15) is 0 Å². The predicted octanol–water partition coefficient (Wildman–Crippen LogP) is 3.44. The summed E-state index contributed by atoms with van der Waals surface area (Å²) in [6, 6.07) is 5.39. The summed E-state index contributed by atoms with van der Waals surface area (Å²) in [5.41, 5.74) is 1.00. The lowest BCUT2D eigenvalue weighted by molar-refractivity contribution is -0.139. The first-order chi connectivity index (χ1) is 12.8. The second-order valence-corrected chi connectivity index (χ2v) is 7.82. The lowest BCUT2D eigenvalue weighted by atomic mass is 10.1. The van der Waals surface area contributed by atoms with Crippen LogP contribution in [0.5, 0.6) is 0 Å². The van der Waals surface area contributed by atoms with E-state index in [4.69, 9.17) is 15.5 Å². The van der Waals surface area contributed by atoms with Crippen LogP contribution < -0.4 is 5.32 Å². The average Bonchev–Trinajstić information content (AvgIpc) is 2.61. The molecule has 1 aromatic carbocycles. The fraction of sp³-hybridized carbons (Fsp3) is 0.474. The van der Waals surface area contributed by atoms with Crippen molar-refractivity contribution in [1.82, 2.24) is 5.32 Å². The van der Waals surface area contributed by atoms with Crippen molar-refractivity contribution in [2.24, 2.45) is 0 Å². The highest BCUT2D eigenvalue weighted by Gasteiger charge is 2.24. The number of hydrogen-bond acceptors (Lipinski definition) is 5. The van der Waals surface area contributed by atoms with Gasteiger partial charge in [-0.1, -0.05) is 12.1 Å². The quantitative estimate of drug-likeness (QED) is 0.319. The zero-order chi connectivity index (χ0) is 20.3. The topological polar surface area (TPSA) is 102 Å². The maximum Gasteiger partial charge on any atom is 0.335 e. The third kappa shape index (κ3) is 7.96. The first-order valence-corrected chi connectivity index (χ1v) is 10.5. The van der Waals surface area contributed by atoms with Crippen molar-refractivity contribution in [2.45, 2.75) is 45.3 Å². The van der Waals surface area contributed by atoms with Crippen LogP contribution in [0.1, 0.15) is 49.0 Å². The van der Waals surface area contributed by atoms with Crippen LogP contribution in [0.15, 0.2) is 24.3 Å². The molecule has 0 aliphatic carbocycles. The molecule has 0 saturated heterocycles. The molecule has 8 heteroatoms. The van der Waals surface area contributed by atoms with E-state index in [1.807, 2.05) is 0 Å². The molecule has 0 aliphatic rings. The van der Waals surface area contributed by atoms with Crippen LogP contribution in [0.2, 0.25) is 0 Å². The summed E-state index contributed by atoms with van der Waals surface area (Å²) in [4.78, 5) is 23.5. The maximum absolute atomic E-state index is 12.5. The summed E-state index contributed by atoms with van der Waals surface area (Å²) in [6.07, 6.45) is 6.48. The van der Waals surface area contributed by atoms with E-state index < -0.39 is 25.5 Å². The molecule has 1 rings (SSSR count). The van der Waals surface area contributed by atoms with E-state index in [0.717, 1.165) is 0 Å². The van der Waals surface area contributed by atoms with Crippen LogP contribution in [0.25, 0.3) is 0 Å². The molecule has 7 nitrogen and oxygen atoms in total. The minimum Gasteiger partial charge on any atom is -0.480 e. The van der Waals surface area contributed by atoms with Crippen molar-refractivity contribution in [3.8, 4) is 12.3 Å². The number of carboxylic acids is 1. The second-order valence-electron chi connectivity index (χ2n) is 5.76. The van der Waals surface area contributed by atoms with Gasteiger partial charge in [0.2, 0.25) is 0 Å². The van der Waals surface area contributed by atoms with E-state index >= 15 is 0 Å². The molecular formula is C19H26NO6P. The first kappa shape index (κ1) is 22.9. The molecule has 0 radical (unpaired) electrons. The summed E-state index contributed by atoms with van der Waals surface area (Å²) in [7, 11) is -3.23. The monoisotopic (exact) mass is 395 g/mol. The number of carboxylic acid groups (broad SMARTS) is 1. The lowest BCUT2D eigenvalue weighted by Gasteiger charge is -2.17. The smallest absolute Gasteiger partial charge is 0.335 e. The normalized spacial score (nSPS) is 12.2. The van der Waals surface area contributed by atoms with Crippen molar-refractivity contribution in [1.29, 1.82) is 0 Å². The number of rotatable bonds is 12. The van der Waals surface area contributed by atoms with Gasteiger partial charge in [0.15, 0.2) is 0 Å². The third-order valence-corrected chi connectivity index (χ3v) is 5.72. The van der Waals surface area contributed by atoms with E-state index in [9.17, 15) is 19.3 Å². The summed E-state index contributed by atoms with van der Waals surface area (Å²) >= 11 is 0. The Morgan fingerprint density at radius 1 is 1.22 bits per heavy atom. The summed E-state index contributed by atoms with van der Waals surface area (Å²) in [5.74, 6) is 0.842. The summed E-state index contributed by atoms with van der Waals surface area (Å²) in [6.45, 7) is 4.02. The lowest BCUT2D eigenvalue weighted by Crippen LogP contribution is -2.40. The number of unbranched alkanes of at least 4 members (excludes halogenated alkanes) is 1. The SMILES string of the molecule is C#CCCC[C@H](NC(=O)c1ccc(CP(=O)(OCC)OCC)cc1)C(=O)O. The maximum atomic E-state index is 12.5. The molecule has 0 unspecified atom stereocenters. The van der Waals surface area contributed by atoms with Gasteiger partial charge in [-0.15, -0.1) is 12.3 Å². The Kier molecular flexibility index (Phi) is 9.81. The Morgan fingerprint density at radius 3 is 2.30 bits per heavy atom. The summed E-state index contributed by atoms with van der Waals surface area (Å²) < 4.78 is 23.0. The minimum absolute atomic E-state index is 0.0976. The highest BCUT2D eigenvalue weighted by atomic mass is 31.2. The molecule has 1 amide bonds.